The number of thioether (sulfide) groups is 1. The van der Waals surface area contributed by atoms with E-state index in [1.165, 1.54) is 23.8 Å². The van der Waals surface area contributed by atoms with Crippen LogP contribution in [0.1, 0.15) is 65.7 Å². The quantitative estimate of drug-likeness (QED) is 0.559. The van der Waals surface area contributed by atoms with E-state index in [0.29, 0.717) is 47.7 Å². The zero-order chi connectivity index (χ0) is 21.5. The predicted molar refractivity (Wildman–Crippen MR) is 117 cm³/mol. The third-order valence-corrected chi connectivity index (χ3v) is 12.4. The van der Waals surface area contributed by atoms with Gasteiger partial charge >= 0.3 is 5.97 Å². The van der Waals surface area contributed by atoms with Crippen molar-refractivity contribution in [3.63, 3.8) is 0 Å². The second-order valence-corrected chi connectivity index (χ2v) is 13.6. The van der Waals surface area contributed by atoms with Crippen LogP contribution in [0.25, 0.3) is 0 Å². The Balaban J connectivity index is 1.35. The van der Waals surface area contributed by atoms with Crippen molar-refractivity contribution < 1.29 is 19.1 Å². The van der Waals surface area contributed by atoms with E-state index in [2.05, 4.69) is 13.8 Å². The van der Waals surface area contributed by atoms with Gasteiger partial charge in [0.25, 0.3) is 0 Å². The Labute approximate surface area is 188 Å². The normalized spacial score (nSPS) is 57.8. The first-order valence-corrected chi connectivity index (χ1v) is 13.2. The molecule has 11 atom stereocenters. The number of carbonyl (C=O) groups excluding carboxylic acids is 3. The highest BCUT2D eigenvalue weighted by Crippen LogP contribution is 2.80. The molecule has 6 fully saturated rings. The molecule has 0 bridgehead atoms. The number of allylic oxidation sites excluding steroid dienone is 1. The Bertz CT molecular complexity index is 970. The second kappa shape index (κ2) is 5.69. The fraction of sp³-hybridized carbons (Fsp3) is 0.808. The van der Waals surface area contributed by atoms with Crippen LogP contribution in [0.2, 0.25) is 0 Å². The summed E-state index contributed by atoms with van der Waals surface area (Å²) in [7, 11) is 0. The first-order chi connectivity index (χ1) is 14.7. The van der Waals surface area contributed by atoms with Gasteiger partial charge in [-0.3, -0.25) is 14.4 Å². The summed E-state index contributed by atoms with van der Waals surface area (Å²) in [5, 5.41) is 0.446. The monoisotopic (exact) mass is 440 g/mol. The van der Waals surface area contributed by atoms with Crippen LogP contribution < -0.4 is 0 Å². The molecule has 0 radical (unpaired) electrons. The van der Waals surface area contributed by atoms with Crippen molar-refractivity contribution in [3.8, 4) is 0 Å². The van der Waals surface area contributed by atoms with Gasteiger partial charge in [0.1, 0.15) is 5.60 Å². The second-order valence-electron chi connectivity index (χ2n) is 12.2. The average Bonchev–Trinajstić information content (AvgIpc) is 3.60. The first-order valence-electron chi connectivity index (χ1n) is 12.3. The summed E-state index contributed by atoms with van der Waals surface area (Å²) in [4.78, 5) is 37.2. The van der Waals surface area contributed by atoms with Gasteiger partial charge in [0, 0.05) is 35.8 Å². The summed E-state index contributed by atoms with van der Waals surface area (Å²) < 4.78 is 6.24. The summed E-state index contributed by atoms with van der Waals surface area (Å²) >= 11 is 1.53. The van der Waals surface area contributed by atoms with E-state index in [9.17, 15) is 14.4 Å². The maximum atomic E-state index is 12.6. The summed E-state index contributed by atoms with van der Waals surface area (Å²) in [5.41, 5.74) is 1.24. The van der Waals surface area contributed by atoms with Crippen LogP contribution in [-0.2, 0) is 19.1 Å². The summed E-state index contributed by atoms with van der Waals surface area (Å²) in [6, 6.07) is 0. The lowest BCUT2D eigenvalue weighted by molar-refractivity contribution is -0.176. The van der Waals surface area contributed by atoms with Crippen molar-refractivity contribution in [2.24, 2.45) is 52.3 Å². The fourth-order valence-corrected chi connectivity index (χ4v) is 11.3. The molecule has 1 saturated heterocycles. The molecule has 0 aromatic heterocycles. The minimum Gasteiger partial charge on any atom is -0.458 e. The van der Waals surface area contributed by atoms with E-state index in [0.717, 1.165) is 32.1 Å². The number of ketones is 1. The summed E-state index contributed by atoms with van der Waals surface area (Å²) in [6.45, 7) is 6.57. The Morgan fingerprint density at radius 3 is 2.65 bits per heavy atom. The van der Waals surface area contributed by atoms with Gasteiger partial charge in [-0.05, 0) is 79.6 Å². The highest BCUT2D eigenvalue weighted by molar-refractivity contribution is 8.14. The van der Waals surface area contributed by atoms with E-state index in [1.807, 2.05) is 6.08 Å². The van der Waals surface area contributed by atoms with E-state index in [1.54, 1.807) is 6.92 Å². The van der Waals surface area contributed by atoms with Gasteiger partial charge in [-0.2, -0.15) is 0 Å². The molecule has 1 heterocycles. The van der Waals surface area contributed by atoms with Crippen molar-refractivity contribution in [1.29, 1.82) is 0 Å². The van der Waals surface area contributed by atoms with Gasteiger partial charge in [-0.25, -0.2) is 0 Å². The predicted octanol–water partition coefficient (Wildman–Crippen LogP) is 4.56. The van der Waals surface area contributed by atoms with Gasteiger partial charge < -0.3 is 4.74 Å². The number of hydrogen-bond acceptors (Lipinski definition) is 5. The highest BCUT2D eigenvalue weighted by Gasteiger charge is 2.80. The molecular weight excluding hydrogens is 408 g/mol. The molecule has 0 aromatic carbocycles. The fourth-order valence-electron chi connectivity index (χ4n) is 10.1. The number of ether oxygens (including phenoxy) is 1. The van der Waals surface area contributed by atoms with Crippen molar-refractivity contribution >= 4 is 28.6 Å². The number of carbonyl (C=O) groups is 3. The maximum absolute atomic E-state index is 12.6. The Hall–Kier alpha value is -1.10. The lowest BCUT2D eigenvalue weighted by Crippen LogP contribution is -2.60. The van der Waals surface area contributed by atoms with Crippen molar-refractivity contribution in [2.45, 2.75) is 76.6 Å². The maximum Gasteiger partial charge on any atom is 0.306 e. The summed E-state index contributed by atoms with van der Waals surface area (Å²) in [5.74, 6) is 3.83. The molecule has 1 aliphatic heterocycles. The molecule has 5 saturated carbocycles. The van der Waals surface area contributed by atoms with Gasteiger partial charge in [-0.15, -0.1) is 0 Å². The molecule has 6 aliphatic carbocycles. The average molecular weight is 441 g/mol. The van der Waals surface area contributed by atoms with Crippen LogP contribution in [0.15, 0.2) is 11.6 Å². The summed E-state index contributed by atoms with van der Waals surface area (Å²) in [6.07, 6.45) is 8.83. The SMILES string of the molecule is CC(=O)S[C@@H]1CC2=CC(=O)[C@@H]3C[C@@H]3C2(C)C2CCC3(C)C(C21)[C@H]1C[C@H]1[C@@]31CCC(=O)O1. The van der Waals surface area contributed by atoms with Gasteiger partial charge in [-0.1, -0.05) is 31.2 Å². The molecule has 5 unspecified atom stereocenters. The standard InChI is InChI=1S/C26H32O4S/c1-12(27)31-20-9-13-8-19(28)14-10-17(14)25(13,3)16-4-6-24(2)23(22(16)20)15-11-18(15)26(24)7-5-21(29)30-26/h8,14-18,20,22-23H,4-7,9-11H2,1-3H3/t14-,15+,16?,17+,18-,20-,22?,23?,24?,25?,26+/m1/s1. The first kappa shape index (κ1) is 19.4. The Kier molecular flexibility index (Phi) is 3.55. The molecule has 7 aliphatic rings. The van der Waals surface area contributed by atoms with Crippen LogP contribution in [0.3, 0.4) is 0 Å². The number of fused-ring (bicyclic) bond motifs is 11. The van der Waals surface area contributed by atoms with Crippen molar-refractivity contribution in [3.05, 3.63) is 11.6 Å². The molecule has 0 N–H and O–H groups in total. The topological polar surface area (TPSA) is 60.4 Å². The van der Waals surface area contributed by atoms with Crippen molar-refractivity contribution in [2.75, 3.05) is 0 Å². The number of esters is 1. The molecule has 166 valence electrons. The molecule has 5 heteroatoms. The minimum absolute atomic E-state index is 0.00301. The Morgan fingerprint density at radius 2 is 1.94 bits per heavy atom. The molecular formula is C26H32O4S. The number of hydrogen-bond donors (Lipinski definition) is 0. The van der Waals surface area contributed by atoms with Crippen LogP contribution in [-0.4, -0.2) is 27.7 Å². The lowest BCUT2D eigenvalue weighted by atomic mass is 9.45. The van der Waals surface area contributed by atoms with Gasteiger partial charge in [0.05, 0.1) is 0 Å². The molecule has 0 aromatic rings. The smallest absolute Gasteiger partial charge is 0.306 e. The van der Waals surface area contributed by atoms with Crippen LogP contribution in [0, 0.1) is 52.3 Å². The third kappa shape index (κ3) is 2.14. The van der Waals surface area contributed by atoms with Crippen LogP contribution in [0.4, 0.5) is 0 Å². The zero-order valence-corrected chi connectivity index (χ0v) is 19.5. The van der Waals surface area contributed by atoms with E-state index in [-0.39, 0.29) is 38.7 Å². The highest BCUT2D eigenvalue weighted by atomic mass is 32.2. The largest absolute Gasteiger partial charge is 0.458 e. The van der Waals surface area contributed by atoms with E-state index >= 15 is 0 Å². The molecule has 0 amide bonds. The molecule has 7 rings (SSSR count). The Morgan fingerprint density at radius 1 is 1.13 bits per heavy atom. The van der Waals surface area contributed by atoms with E-state index in [4.69, 9.17) is 4.74 Å². The van der Waals surface area contributed by atoms with Crippen LogP contribution in [0.5, 0.6) is 0 Å². The minimum atomic E-state index is -0.252. The van der Waals surface area contributed by atoms with E-state index < -0.39 is 0 Å². The lowest BCUT2D eigenvalue weighted by Gasteiger charge is -2.62. The van der Waals surface area contributed by atoms with Gasteiger partial charge in [0.2, 0.25) is 0 Å². The van der Waals surface area contributed by atoms with Gasteiger partial charge in [0.15, 0.2) is 10.9 Å². The zero-order valence-electron chi connectivity index (χ0n) is 18.7. The molecule has 31 heavy (non-hydrogen) atoms. The number of rotatable bonds is 1. The van der Waals surface area contributed by atoms with Crippen LogP contribution >= 0.6 is 11.8 Å². The molecule has 1 spiro atoms. The van der Waals surface area contributed by atoms with Crippen molar-refractivity contribution in [1.82, 2.24) is 0 Å². The molecule has 4 nitrogen and oxygen atoms in total. The third-order valence-electron chi connectivity index (χ3n) is 11.3.